The third kappa shape index (κ3) is 4.88. The molecule has 0 spiro atoms. The molecule has 232 valence electrons. The first-order valence-electron chi connectivity index (χ1n) is 16.9. The Hall–Kier alpha value is -6.12. The van der Waals surface area contributed by atoms with Crippen LogP contribution >= 0.6 is 0 Å². The zero-order valence-electron chi connectivity index (χ0n) is 27.6. The molecule has 0 atom stereocenters. The van der Waals surface area contributed by atoms with Crippen LogP contribution in [0.4, 0.5) is 0 Å². The molecule has 0 aliphatic heterocycles. The largest absolute Gasteiger partial charge is 0.228 e. The Kier molecular flexibility index (Phi) is 6.84. The molecule has 0 fully saturated rings. The van der Waals surface area contributed by atoms with Crippen LogP contribution in [0.2, 0.25) is 0 Å². The molecular formula is C47H34N2. The normalized spacial score (nSPS) is 12.9. The third-order valence-corrected chi connectivity index (χ3v) is 10.1. The highest BCUT2D eigenvalue weighted by molar-refractivity contribution is 6.06. The molecule has 0 bridgehead atoms. The van der Waals surface area contributed by atoms with Gasteiger partial charge in [-0.2, -0.15) is 0 Å². The monoisotopic (exact) mass is 626 g/mol. The lowest BCUT2D eigenvalue weighted by atomic mass is 9.78. The zero-order chi connectivity index (χ0) is 33.0. The summed E-state index contributed by atoms with van der Waals surface area (Å²) in [6.07, 6.45) is 0. The molecule has 1 aliphatic rings. The Balaban J connectivity index is 1.24. The second-order valence-electron chi connectivity index (χ2n) is 13.4. The summed E-state index contributed by atoms with van der Waals surface area (Å²) in [7, 11) is 0. The smallest absolute Gasteiger partial charge is 0.160 e. The maximum atomic E-state index is 5.23. The Morgan fingerprint density at radius 1 is 0.367 bits per heavy atom. The Labute approximate surface area is 287 Å². The lowest BCUT2D eigenvalue weighted by molar-refractivity contribution is 0.662. The van der Waals surface area contributed by atoms with Gasteiger partial charge in [-0.3, -0.25) is 0 Å². The maximum absolute atomic E-state index is 5.23. The summed E-state index contributed by atoms with van der Waals surface area (Å²) in [5, 5.41) is 2.39. The highest BCUT2D eigenvalue weighted by Crippen LogP contribution is 2.53. The molecule has 0 saturated heterocycles. The maximum Gasteiger partial charge on any atom is 0.160 e. The summed E-state index contributed by atoms with van der Waals surface area (Å²) in [6.45, 7) is 4.72. The van der Waals surface area contributed by atoms with Crippen molar-refractivity contribution in [2.45, 2.75) is 19.3 Å². The van der Waals surface area contributed by atoms with Gasteiger partial charge in [0.25, 0.3) is 0 Å². The van der Waals surface area contributed by atoms with E-state index in [1.807, 2.05) is 18.2 Å². The molecule has 0 radical (unpaired) electrons. The molecule has 0 N–H and O–H groups in total. The minimum absolute atomic E-state index is 0.108. The number of rotatable bonds is 5. The van der Waals surface area contributed by atoms with E-state index in [9.17, 15) is 0 Å². The average molecular weight is 627 g/mol. The van der Waals surface area contributed by atoms with Gasteiger partial charge in [0.15, 0.2) is 5.82 Å². The first-order chi connectivity index (χ1) is 24.1. The van der Waals surface area contributed by atoms with Gasteiger partial charge in [0.05, 0.1) is 11.4 Å². The van der Waals surface area contributed by atoms with Crippen molar-refractivity contribution in [3.8, 4) is 67.3 Å². The summed E-state index contributed by atoms with van der Waals surface area (Å²) in [4.78, 5) is 10.4. The molecule has 1 aromatic heterocycles. The van der Waals surface area contributed by atoms with E-state index in [0.29, 0.717) is 5.82 Å². The fraction of sp³-hybridized carbons (Fsp3) is 0.0638. The molecule has 8 aromatic rings. The highest BCUT2D eigenvalue weighted by atomic mass is 14.9. The highest BCUT2D eigenvalue weighted by Gasteiger charge is 2.37. The summed E-state index contributed by atoms with van der Waals surface area (Å²) in [6, 6.07) is 60.6. The molecule has 0 amide bonds. The molecule has 0 unspecified atom stereocenters. The van der Waals surface area contributed by atoms with Gasteiger partial charge in [-0.25, -0.2) is 9.97 Å². The molecule has 7 aromatic carbocycles. The number of aromatic nitrogens is 2. The van der Waals surface area contributed by atoms with Crippen molar-refractivity contribution in [1.29, 1.82) is 0 Å². The van der Waals surface area contributed by atoms with Crippen molar-refractivity contribution in [3.63, 3.8) is 0 Å². The quantitative estimate of drug-likeness (QED) is 0.190. The SMILES string of the molecule is CC1(C)c2ccccc2-c2cccc(-c3ccc(-c4cc(-c5cccc(-c6ccccc6)c5)nc(-c5ccccc5)n4)c4ccccc34)c21. The first kappa shape index (κ1) is 29.1. The lowest BCUT2D eigenvalue weighted by Gasteiger charge is -2.25. The third-order valence-electron chi connectivity index (χ3n) is 10.1. The van der Waals surface area contributed by atoms with Crippen molar-refractivity contribution in [2.75, 3.05) is 0 Å². The second-order valence-corrected chi connectivity index (χ2v) is 13.4. The van der Waals surface area contributed by atoms with Crippen LogP contribution in [-0.4, -0.2) is 9.97 Å². The number of hydrogen-bond donors (Lipinski definition) is 0. The minimum atomic E-state index is -0.108. The van der Waals surface area contributed by atoms with Gasteiger partial charge in [-0.15, -0.1) is 0 Å². The van der Waals surface area contributed by atoms with Crippen LogP contribution < -0.4 is 0 Å². The Morgan fingerprint density at radius 2 is 0.898 bits per heavy atom. The molecule has 9 rings (SSSR count). The predicted octanol–water partition coefficient (Wildman–Crippen LogP) is 12.3. The Bertz CT molecular complexity index is 2510. The molecule has 2 heteroatoms. The van der Waals surface area contributed by atoms with E-state index in [1.54, 1.807) is 0 Å². The van der Waals surface area contributed by atoms with E-state index in [4.69, 9.17) is 9.97 Å². The lowest BCUT2D eigenvalue weighted by Crippen LogP contribution is -2.16. The predicted molar refractivity (Wildman–Crippen MR) is 204 cm³/mol. The first-order valence-corrected chi connectivity index (χ1v) is 16.9. The topological polar surface area (TPSA) is 25.8 Å². The number of hydrogen-bond acceptors (Lipinski definition) is 2. The van der Waals surface area contributed by atoms with Gasteiger partial charge in [0, 0.05) is 22.1 Å². The second kappa shape index (κ2) is 11.5. The van der Waals surface area contributed by atoms with Gasteiger partial charge >= 0.3 is 0 Å². The van der Waals surface area contributed by atoms with Crippen LogP contribution in [0, 0.1) is 0 Å². The van der Waals surface area contributed by atoms with Crippen molar-refractivity contribution < 1.29 is 0 Å². The van der Waals surface area contributed by atoms with Gasteiger partial charge in [0.1, 0.15) is 0 Å². The summed E-state index contributed by atoms with van der Waals surface area (Å²) < 4.78 is 0. The van der Waals surface area contributed by atoms with E-state index in [1.165, 1.54) is 49.7 Å². The standard InChI is InChI=1S/C47H34N2/c1-47(2)42-26-12-11-23-38(42)41-25-14-24-40(45(41)47)37-27-28-39(36-22-10-9-21-35(36)37)44-30-43(48-46(49-44)32-17-7-4-8-18-32)34-20-13-19-33(29-34)31-15-5-3-6-16-31/h3-30H,1-2H3. The fourth-order valence-corrected chi connectivity index (χ4v) is 7.77. The van der Waals surface area contributed by atoms with Crippen molar-refractivity contribution >= 4 is 10.8 Å². The van der Waals surface area contributed by atoms with Crippen LogP contribution in [-0.2, 0) is 5.41 Å². The van der Waals surface area contributed by atoms with Gasteiger partial charge in [0.2, 0.25) is 0 Å². The van der Waals surface area contributed by atoms with Crippen LogP contribution in [0.25, 0.3) is 78.1 Å². The van der Waals surface area contributed by atoms with Crippen molar-refractivity contribution in [3.05, 3.63) is 181 Å². The number of nitrogens with zero attached hydrogens (tertiary/aromatic N) is 2. The minimum Gasteiger partial charge on any atom is -0.228 e. The van der Waals surface area contributed by atoms with E-state index < -0.39 is 0 Å². The van der Waals surface area contributed by atoms with E-state index in [-0.39, 0.29) is 5.41 Å². The van der Waals surface area contributed by atoms with E-state index in [2.05, 4.69) is 166 Å². The molecular weight excluding hydrogens is 593 g/mol. The average Bonchev–Trinajstić information content (AvgIpc) is 3.41. The summed E-state index contributed by atoms with van der Waals surface area (Å²) in [5.41, 5.74) is 15.2. The van der Waals surface area contributed by atoms with Crippen LogP contribution in [0.1, 0.15) is 25.0 Å². The van der Waals surface area contributed by atoms with Crippen molar-refractivity contribution in [2.24, 2.45) is 0 Å². The van der Waals surface area contributed by atoms with Crippen LogP contribution in [0.5, 0.6) is 0 Å². The van der Waals surface area contributed by atoms with Crippen LogP contribution in [0.15, 0.2) is 170 Å². The summed E-state index contributed by atoms with van der Waals surface area (Å²) in [5.74, 6) is 0.715. The van der Waals surface area contributed by atoms with E-state index >= 15 is 0 Å². The summed E-state index contributed by atoms with van der Waals surface area (Å²) >= 11 is 0. The molecule has 1 heterocycles. The van der Waals surface area contributed by atoms with Crippen molar-refractivity contribution in [1.82, 2.24) is 9.97 Å². The van der Waals surface area contributed by atoms with E-state index in [0.717, 1.165) is 33.6 Å². The molecule has 0 saturated carbocycles. The van der Waals surface area contributed by atoms with Crippen LogP contribution in [0.3, 0.4) is 0 Å². The van der Waals surface area contributed by atoms with Gasteiger partial charge < -0.3 is 0 Å². The Morgan fingerprint density at radius 3 is 1.67 bits per heavy atom. The number of benzene rings is 7. The molecule has 1 aliphatic carbocycles. The molecule has 2 nitrogen and oxygen atoms in total. The molecule has 49 heavy (non-hydrogen) atoms. The fourth-order valence-electron chi connectivity index (χ4n) is 7.77. The number of fused-ring (bicyclic) bond motifs is 4. The van der Waals surface area contributed by atoms with Gasteiger partial charge in [-0.05, 0) is 67.4 Å². The van der Waals surface area contributed by atoms with Gasteiger partial charge in [-0.1, -0.05) is 172 Å². The zero-order valence-corrected chi connectivity index (χ0v) is 27.6.